The van der Waals surface area contributed by atoms with Crippen LogP contribution in [-0.4, -0.2) is 60.5 Å². The van der Waals surface area contributed by atoms with Crippen LogP contribution in [0.5, 0.6) is 5.75 Å². The summed E-state index contributed by atoms with van der Waals surface area (Å²) in [7, 11) is -2.38. The fraction of sp³-hybridized carbons (Fsp3) is 0.636. The topological polar surface area (TPSA) is 116 Å². The fourth-order valence-corrected chi connectivity index (χ4v) is 6.16. The lowest BCUT2D eigenvalue weighted by Crippen LogP contribution is -2.51. The molecule has 0 amide bonds. The third-order valence-electron chi connectivity index (χ3n) is 6.47. The van der Waals surface area contributed by atoms with Gasteiger partial charge in [-0.25, -0.2) is 13.1 Å². The second-order valence-electron chi connectivity index (χ2n) is 8.61. The van der Waals surface area contributed by atoms with Crippen LogP contribution in [0.3, 0.4) is 0 Å². The van der Waals surface area contributed by atoms with Crippen molar-refractivity contribution in [2.75, 3.05) is 13.7 Å². The van der Waals surface area contributed by atoms with Crippen molar-refractivity contribution in [3.63, 3.8) is 0 Å². The molecular formula is C22H32N4O5S. The Morgan fingerprint density at radius 3 is 2.75 bits per heavy atom. The molecule has 2 heterocycles. The molecule has 1 aromatic carbocycles. The van der Waals surface area contributed by atoms with Crippen LogP contribution in [0.15, 0.2) is 35.4 Å². The number of aromatic nitrogens is 3. The van der Waals surface area contributed by atoms with Gasteiger partial charge in [-0.05, 0) is 44.2 Å². The first-order chi connectivity index (χ1) is 15.5. The molecule has 2 aromatic rings. The maximum Gasteiger partial charge on any atom is 0.244 e. The lowest BCUT2D eigenvalue weighted by atomic mass is 9.98. The van der Waals surface area contributed by atoms with Crippen LogP contribution >= 0.6 is 0 Å². The summed E-state index contributed by atoms with van der Waals surface area (Å²) >= 11 is 0. The Hall–Kier alpha value is -2.01. The van der Waals surface area contributed by atoms with Crippen LogP contribution in [0.25, 0.3) is 0 Å². The minimum absolute atomic E-state index is 0.0710. The van der Waals surface area contributed by atoms with E-state index in [1.54, 1.807) is 18.2 Å². The molecule has 10 heteroatoms. The van der Waals surface area contributed by atoms with Gasteiger partial charge in [-0.15, -0.1) is 5.10 Å². The number of rotatable bonds is 9. The van der Waals surface area contributed by atoms with Crippen molar-refractivity contribution in [1.82, 2.24) is 19.7 Å². The molecule has 2 fully saturated rings. The number of benzene rings is 1. The van der Waals surface area contributed by atoms with E-state index in [2.05, 4.69) is 15.0 Å². The van der Waals surface area contributed by atoms with Crippen molar-refractivity contribution in [1.29, 1.82) is 0 Å². The second-order valence-corrected chi connectivity index (χ2v) is 10.3. The summed E-state index contributed by atoms with van der Waals surface area (Å²) in [6, 6.07) is 5.96. The Morgan fingerprint density at radius 1 is 1.22 bits per heavy atom. The Bertz CT molecular complexity index is 990. The number of ether oxygens (including phenoxy) is 2. The minimum atomic E-state index is -3.81. The lowest BCUT2D eigenvalue weighted by molar-refractivity contribution is -0.0891. The fourth-order valence-electron chi connectivity index (χ4n) is 4.69. The van der Waals surface area contributed by atoms with Crippen molar-refractivity contribution < 1.29 is 23.0 Å². The number of aryl methyl sites for hydroxylation is 1. The van der Waals surface area contributed by atoms with Crippen LogP contribution in [0.1, 0.15) is 56.6 Å². The molecule has 1 aliphatic heterocycles. The number of para-hydroxylation sites is 1. The monoisotopic (exact) mass is 464 g/mol. The van der Waals surface area contributed by atoms with Crippen LogP contribution in [0.4, 0.5) is 0 Å². The molecule has 1 saturated carbocycles. The normalized spacial score (nSPS) is 24.6. The number of hydrogen-bond donors (Lipinski definition) is 2. The number of aliphatic hydroxyl groups is 1. The van der Waals surface area contributed by atoms with Crippen molar-refractivity contribution in [2.24, 2.45) is 0 Å². The Balaban J connectivity index is 1.33. The molecule has 2 aliphatic rings. The van der Waals surface area contributed by atoms with E-state index in [4.69, 9.17) is 9.47 Å². The smallest absolute Gasteiger partial charge is 0.244 e. The highest BCUT2D eigenvalue weighted by molar-refractivity contribution is 7.89. The highest BCUT2D eigenvalue weighted by Gasteiger charge is 2.34. The molecule has 176 valence electrons. The van der Waals surface area contributed by atoms with E-state index in [-0.39, 0.29) is 23.4 Å². The van der Waals surface area contributed by atoms with Gasteiger partial charge in [-0.2, -0.15) is 0 Å². The largest absolute Gasteiger partial charge is 0.495 e. The Morgan fingerprint density at radius 2 is 2.00 bits per heavy atom. The molecule has 2 N–H and O–H groups in total. The first kappa shape index (κ1) is 23.2. The van der Waals surface area contributed by atoms with E-state index in [1.165, 1.54) is 38.9 Å². The maximum absolute atomic E-state index is 12.9. The van der Waals surface area contributed by atoms with Gasteiger partial charge >= 0.3 is 0 Å². The van der Waals surface area contributed by atoms with Gasteiger partial charge in [0.15, 0.2) is 0 Å². The zero-order chi connectivity index (χ0) is 22.6. The molecule has 9 nitrogen and oxygen atoms in total. The van der Waals surface area contributed by atoms with Gasteiger partial charge in [0.25, 0.3) is 0 Å². The van der Waals surface area contributed by atoms with Crippen LogP contribution in [-0.2, 0) is 21.3 Å². The summed E-state index contributed by atoms with van der Waals surface area (Å²) in [6.07, 6.45) is 8.26. The third-order valence-corrected chi connectivity index (χ3v) is 8.00. The van der Waals surface area contributed by atoms with E-state index in [0.717, 1.165) is 12.1 Å². The summed E-state index contributed by atoms with van der Waals surface area (Å²) in [6.45, 7) is 0.422. The van der Waals surface area contributed by atoms with Gasteiger partial charge in [0.1, 0.15) is 10.6 Å². The average Bonchev–Trinajstić information content (AvgIpc) is 3.50. The van der Waals surface area contributed by atoms with Crippen molar-refractivity contribution in [2.45, 2.75) is 80.6 Å². The highest BCUT2D eigenvalue weighted by Crippen LogP contribution is 2.32. The Kier molecular flexibility index (Phi) is 7.44. The van der Waals surface area contributed by atoms with Crippen molar-refractivity contribution >= 4 is 10.0 Å². The van der Waals surface area contributed by atoms with E-state index in [9.17, 15) is 13.5 Å². The molecule has 0 radical (unpaired) electrons. The van der Waals surface area contributed by atoms with E-state index in [0.29, 0.717) is 25.3 Å². The van der Waals surface area contributed by atoms with E-state index < -0.39 is 22.2 Å². The summed E-state index contributed by atoms with van der Waals surface area (Å²) in [5.41, 5.74) is 1.08. The highest BCUT2D eigenvalue weighted by atomic mass is 32.2. The average molecular weight is 465 g/mol. The number of sulfonamides is 1. The number of nitrogens with one attached hydrogen (secondary N) is 1. The van der Waals surface area contributed by atoms with Gasteiger partial charge in [-0.3, -0.25) is 4.68 Å². The zero-order valence-corrected chi connectivity index (χ0v) is 19.2. The first-order valence-electron chi connectivity index (χ1n) is 11.3. The number of methoxy groups -OCH3 is 1. The molecule has 32 heavy (non-hydrogen) atoms. The lowest BCUT2D eigenvalue weighted by Gasteiger charge is -2.36. The van der Waals surface area contributed by atoms with Crippen LogP contribution in [0.2, 0.25) is 0 Å². The van der Waals surface area contributed by atoms with E-state index in [1.807, 2.05) is 10.9 Å². The molecule has 4 rings (SSSR count). The summed E-state index contributed by atoms with van der Waals surface area (Å²) in [5.74, 6) is 0.811. The summed E-state index contributed by atoms with van der Waals surface area (Å²) < 4.78 is 41.6. The Labute approximate surface area is 189 Å². The van der Waals surface area contributed by atoms with Gasteiger partial charge in [0.2, 0.25) is 10.0 Å². The SMILES string of the molecule is COc1ccccc1S(=O)(=O)N[C@H]1CC[C@H](CCn2cc(C3CCCC3)nn2)O[C@H]1CO. The molecule has 3 atom stereocenters. The van der Waals surface area contributed by atoms with Crippen LogP contribution < -0.4 is 9.46 Å². The standard InChI is InChI=1S/C22H32N4O5S/c1-30-20-8-4-5-9-22(20)32(28,29)24-18-11-10-17(31-21(18)15-27)12-13-26-14-19(23-25-26)16-6-2-3-7-16/h4-5,8-9,14,16-18,21,24,27H,2-3,6-7,10-13,15H2,1H3/t17-,18+,21+/m1/s1. The van der Waals surface area contributed by atoms with Gasteiger partial charge in [-0.1, -0.05) is 30.2 Å². The van der Waals surface area contributed by atoms with Crippen molar-refractivity contribution in [3.8, 4) is 5.75 Å². The molecular weight excluding hydrogens is 432 g/mol. The minimum Gasteiger partial charge on any atom is -0.495 e. The van der Waals surface area contributed by atoms with E-state index >= 15 is 0 Å². The molecule has 0 bridgehead atoms. The number of nitrogens with zero attached hydrogens (tertiary/aromatic N) is 3. The van der Waals surface area contributed by atoms with Crippen LogP contribution in [0, 0.1) is 0 Å². The summed E-state index contributed by atoms with van der Waals surface area (Å²) in [5, 5.41) is 18.4. The predicted molar refractivity (Wildman–Crippen MR) is 118 cm³/mol. The van der Waals surface area contributed by atoms with Crippen molar-refractivity contribution in [3.05, 3.63) is 36.2 Å². The second kappa shape index (κ2) is 10.3. The summed E-state index contributed by atoms with van der Waals surface area (Å²) in [4.78, 5) is 0.0746. The predicted octanol–water partition coefficient (Wildman–Crippen LogP) is 2.22. The van der Waals surface area contributed by atoms with Gasteiger partial charge in [0, 0.05) is 18.7 Å². The molecule has 1 saturated heterocycles. The third kappa shape index (κ3) is 5.31. The number of hydrogen-bond acceptors (Lipinski definition) is 7. The molecule has 0 spiro atoms. The van der Waals surface area contributed by atoms with Gasteiger partial charge in [0.05, 0.1) is 37.7 Å². The molecule has 1 aliphatic carbocycles. The quantitative estimate of drug-likeness (QED) is 0.585. The maximum atomic E-state index is 12.9. The first-order valence-corrected chi connectivity index (χ1v) is 12.8. The van der Waals surface area contributed by atoms with Gasteiger partial charge < -0.3 is 14.6 Å². The molecule has 0 unspecified atom stereocenters. The zero-order valence-electron chi connectivity index (χ0n) is 18.4. The molecule has 1 aromatic heterocycles. The number of aliphatic hydroxyl groups excluding tert-OH is 1.